The predicted octanol–water partition coefficient (Wildman–Crippen LogP) is 3.92. The lowest BCUT2D eigenvalue weighted by atomic mass is 9.97. The summed E-state index contributed by atoms with van der Waals surface area (Å²) < 4.78 is 3.21. The Labute approximate surface area is 113 Å². The van der Waals surface area contributed by atoms with Crippen LogP contribution in [0.2, 0.25) is 0 Å². The minimum absolute atomic E-state index is 0.365. The van der Waals surface area contributed by atoms with Crippen molar-refractivity contribution in [2.45, 2.75) is 52.6 Å². The van der Waals surface area contributed by atoms with Gasteiger partial charge >= 0.3 is 0 Å². The number of nitrogens with one attached hydrogen (secondary N) is 1. The molecule has 0 spiro atoms. The number of rotatable bonds is 6. The van der Waals surface area contributed by atoms with Gasteiger partial charge in [0, 0.05) is 6.04 Å². The van der Waals surface area contributed by atoms with Crippen LogP contribution in [0.15, 0.2) is 10.7 Å². The highest BCUT2D eigenvalue weighted by atomic mass is 79.9. The molecule has 0 aliphatic carbocycles. The van der Waals surface area contributed by atoms with Gasteiger partial charge in [-0.05, 0) is 49.2 Å². The Kier molecular flexibility index (Phi) is 5.67. The molecule has 3 nitrogen and oxygen atoms in total. The molecule has 4 heteroatoms. The zero-order valence-corrected chi connectivity index (χ0v) is 13.1. The van der Waals surface area contributed by atoms with Gasteiger partial charge in [0.25, 0.3) is 0 Å². The van der Waals surface area contributed by atoms with Crippen molar-refractivity contribution < 1.29 is 0 Å². The molecule has 1 N–H and O–H groups in total. The standard InChI is InChI=1S/C13H24BrN3/c1-6-10(4)7-12(15-5)13-11(14)8-16-17(13)9(2)3/h8-10,12,15H,6-7H2,1-5H3. The van der Waals surface area contributed by atoms with E-state index < -0.39 is 0 Å². The highest BCUT2D eigenvalue weighted by molar-refractivity contribution is 9.10. The third kappa shape index (κ3) is 3.55. The second-order valence-corrected chi connectivity index (χ2v) is 5.86. The maximum atomic E-state index is 4.45. The number of hydrogen-bond donors (Lipinski definition) is 1. The highest BCUT2D eigenvalue weighted by Gasteiger charge is 2.21. The van der Waals surface area contributed by atoms with Crippen molar-refractivity contribution in [3.05, 3.63) is 16.4 Å². The lowest BCUT2D eigenvalue weighted by Gasteiger charge is -2.23. The normalized spacial score (nSPS) is 15.2. The molecule has 2 atom stereocenters. The first-order chi connectivity index (χ1) is 8.01. The van der Waals surface area contributed by atoms with E-state index in [1.54, 1.807) is 0 Å². The Bertz CT molecular complexity index is 346. The Balaban J connectivity index is 2.98. The van der Waals surface area contributed by atoms with E-state index in [0.29, 0.717) is 12.1 Å². The monoisotopic (exact) mass is 301 g/mol. The summed E-state index contributed by atoms with van der Waals surface area (Å²) in [5.41, 5.74) is 1.27. The topological polar surface area (TPSA) is 29.9 Å². The van der Waals surface area contributed by atoms with Crippen molar-refractivity contribution in [1.82, 2.24) is 15.1 Å². The average Bonchev–Trinajstić information content (AvgIpc) is 2.67. The molecule has 0 aromatic carbocycles. The third-order valence-electron chi connectivity index (χ3n) is 3.29. The summed E-state index contributed by atoms with van der Waals surface area (Å²) in [6.07, 6.45) is 4.26. The quantitative estimate of drug-likeness (QED) is 0.863. The molecule has 0 fully saturated rings. The molecule has 17 heavy (non-hydrogen) atoms. The van der Waals surface area contributed by atoms with Gasteiger partial charge in [0.05, 0.1) is 22.4 Å². The maximum Gasteiger partial charge on any atom is 0.0698 e. The van der Waals surface area contributed by atoms with Gasteiger partial charge in [-0.1, -0.05) is 20.3 Å². The molecule has 1 aromatic heterocycles. The highest BCUT2D eigenvalue weighted by Crippen LogP contribution is 2.30. The van der Waals surface area contributed by atoms with Crippen LogP contribution in [0.4, 0.5) is 0 Å². The molecule has 1 heterocycles. The Morgan fingerprint density at radius 1 is 1.41 bits per heavy atom. The largest absolute Gasteiger partial charge is 0.312 e. The van der Waals surface area contributed by atoms with Crippen LogP contribution in [0.25, 0.3) is 0 Å². The summed E-state index contributed by atoms with van der Waals surface area (Å²) in [5.74, 6) is 0.717. The fourth-order valence-corrected chi connectivity index (χ4v) is 2.57. The number of halogens is 1. The molecule has 2 unspecified atom stereocenters. The van der Waals surface area contributed by atoms with E-state index in [9.17, 15) is 0 Å². The van der Waals surface area contributed by atoms with E-state index in [1.807, 2.05) is 13.2 Å². The lowest BCUT2D eigenvalue weighted by Crippen LogP contribution is -2.23. The first kappa shape index (κ1) is 14.7. The van der Waals surface area contributed by atoms with Gasteiger partial charge in [-0.15, -0.1) is 0 Å². The van der Waals surface area contributed by atoms with Crippen LogP contribution in [0.5, 0.6) is 0 Å². The summed E-state index contributed by atoms with van der Waals surface area (Å²) in [6, 6.07) is 0.758. The molecular formula is C13H24BrN3. The number of aromatic nitrogens is 2. The van der Waals surface area contributed by atoms with Crippen LogP contribution in [0.3, 0.4) is 0 Å². The van der Waals surface area contributed by atoms with E-state index in [-0.39, 0.29) is 0 Å². The first-order valence-corrected chi connectivity index (χ1v) is 7.20. The van der Waals surface area contributed by atoms with Crippen LogP contribution >= 0.6 is 15.9 Å². The van der Waals surface area contributed by atoms with Crippen LogP contribution in [0.1, 0.15) is 58.3 Å². The molecular weight excluding hydrogens is 278 g/mol. The van der Waals surface area contributed by atoms with Crippen molar-refractivity contribution in [2.24, 2.45) is 5.92 Å². The van der Waals surface area contributed by atoms with E-state index in [4.69, 9.17) is 0 Å². The van der Waals surface area contributed by atoms with Crippen LogP contribution in [-0.2, 0) is 0 Å². The summed E-state index contributed by atoms with van der Waals surface area (Å²) >= 11 is 3.62. The summed E-state index contributed by atoms with van der Waals surface area (Å²) in [5, 5.41) is 7.86. The van der Waals surface area contributed by atoms with Gasteiger partial charge in [-0.3, -0.25) is 4.68 Å². The third-order valence-corrected chi connectivity index (χ3v) is 3.90. The fourth-order valence-electron chi connectivity index (χ4n) is 2.02. The molecule has 0 saturated carbocycles. The summed E-state index contributed by atoms with van der Waals surface area (Å²) in [4.78, 5) is 0. The first-order valence-electron chi connectivity index (χ1n) is 6.41. The van der Waals surface area contributed by atoms with Gasteiger partial charge in [-0.25, -0.2) is 0 Å². The second-order valence-electron chi connectivity index (χ2n) is 5.01. The molecule has 1 rings (SSSR count). The van der Waals surface area contributed by atoms with E-state index in [1.165, 1.54) is 12.1 Å². The number of hydrogen-bond acceptors (Lipinski definition) is 2. The van der Waals surface area contributed by atoms with Crippen molar-refractivity contribution in [2.75, 3.05) is 7.05 Å². The van der Waals surface area contributed by atoms with Crippen LogP contribution in [0, 0.1) is 5.92 Å². The van der Waals surface area contributed by atoms with Crippen molar-refractivity contribution in [1.29, 1.82) is 0 Å². The summed E-state index contributed by atoms with van der Waals surface area (Å²) in [7, 11) is 2.02. The molecule has 1 aromatic rings. The second kappa shape index (κ2) is 6.55. The number of nitrogens with zero attached hydrogens (tertiary/aromatic N) is 2. The van der Waals surface area contributed by atoms with E-state index >= 15 is 0 Å². The Hall–Kier alpha value is -0.350. The fraction of sp³-hybridized carbons (Fsp3) is 0.769. The van der Waals surface area contributed by atoms with E-state index in [2.05, 4.69) is 58.7 Å². The smallest absolute Gasteiger partial charge is 0.0698 e. The Morgan fingerprint density at radius 2 is 2.06 bits per heavy atom. The SMILES string of the molecule is CCC(C)CC(NC)c1c(Br)cnn1C(C)C. The predicted molar refractivity (Wildman–Crippen MR) is 76.2 cm³/mol. The molecule has 0 aliphatic heterocycles. The average molecular weight is 302 g/mol. The zero-order chi connectivity index (χ0) is 13.0. The molecule has 0 radical (unpaired) electrons. The zero-order valence-electron chi connectivity index (χ0n) is 11.5. The van der Waals surface area contributed by atoms with Crippen LogP contribution in [-0.4, -0.2) is 16.8 Å². The van der Waals surface area contributed by atoms with Crippen molar-refractivity contribution in [3.8, 4) is 0 Å². The van der Waals surface area contributed by atoms with Gasteiger partial charge in [-0.2, -0.15) is 5.10 Å². The van der Waals surface area contributed by atoms with Crippen molar-refractivity contribution >= 4 is 15.9 Å². The Morgan fingerprint density at radius 3 is 2.53 bits per heavy atom. The minimum atomic E-state index is 0.365. The lowest BCUT2D eigenvalue weighted by molar-refractivity contribution is 0.386. The maximum absolute atomic E-state index is 4.45. The van der Waals surface area contributed by atoms with Gasteiger partial charge in [0.2, 0.25) is 0 Å². The minimum Gasteiger partial charge on any atom is -0.312 e. The summed E-state index contributed by atoms with van der Waals surface area (Å²) in [6.45, 7) is 8.87. The molecule has 98 valence electrons. The van der Waals surface area contributed by atoms with E-state index in [0.717, 1.165) is 16.8 Å². The van der Waals surface area contributed by atoms with Gasteiger partial charge in [0.15, 0.2) is 0 Å². The van der Waals surface area contributed by atoms with Gasteiger partial charge < -0.3 is 5.32 Å². The molecule has 0 saturated heterocycles. The van der Waals surface area contributed by atoms with Crippen molar-refractivity contribution in [3.63, 3.8) is 0 Å². The molecule has 0 bridgehead atoms. The van der Waals surface area contributed by atoms with Gasteiger partial charge in [0.1, 0.15) is 0 Å². The van der Waals surface area contributed by atoms with Crippen LogP contribution < -0.4 is 5.32 Å². The molecule has 0 amide bonds. The molecule has 0 aliphatic rings.